The predicted octanol–water partition coefficient (Wildman–Crippen LogP) is 3.28. The van der Waals surface area contributed by atoms with E-state index in [1.807, 2.05) is 6.92 Å². The van der Waals surface area contributed by atoms with Gasteiger partial charge >= 0.3 is 0 Å². The lowest BCUT2D eigenvalue weighted by atomic mass is 10.1. The van der Waals surface area contributed by atoms with Crippen LogP contribution in [-0.4, -0.2) is 35.9 Å². The van der Waals surface area contributed by atoms with E-state index in [-0.39, 0.29) is 5.91 Å². The molecule has 0 aliphatic rings. The zero-order valence-corrected chi connectivity index (χ0v) is 12.8. The first kappa shape index (κ1) is 15.8. The quantitative estimate of drug-likeness (QED) is 0.871. The number of pyridine rings is 1. The summed E-state index contributed by atoms with van der Waals surface area (Å²) in [6, 6.07) is 3.48. The van der Waals surface area contributed by atoms with Crippen molar-refractivity contribution in [3.63, 3.8) is 0 Å². The summed E-state index contributed by atoms with van der Waals surface area (Å²) in [5, 5.41) is 3.47. The van der Waals surface area contributed by atoms with Gasteiger partial charge in [-0.15, -0.1) is 0 Å². The molecular formula is C14H22ClN3O. The van der Waals surface area contributed by atoms with Crippen molar-refractivity contribution in [3.05, 3.63) is 22.8 Å². The normalized spacial score (nSPS) is 12.1. The van der Waals surface area contributed by atoms with Gasteiger partial charge in [0.25, 0.3) is 5.91 Å². The van der Waals surface area contributed by atoms with Crippen molar-refractivity contribution in [2.45, 2.75) is 27.2 Å². The molecule has 0 radical (unpaired) electrons. The van der Waals surface area contributed by atoms with Gasteiger partial charge in [-0.3, -0.25) is 4.79 Å². The van der Waals surface area contributed by atoms with E-state index in [4.69, 9.17) is 11.6 Å². The number of hydrogen-bond donors (Lipinski definition) is 1. The monoisotopic (exact) mass is 283 g/mol. The maximum absolute atomic E-state index is 12.3. The molecule has 0 aliphatic carbocycles. The topological polar surface area (TPSA) is 45.2 Å². The number of nitrogens with zero attached hydrogens (tertiary/aromatic N) is 2. The maximum atomic E-state index is 12.3. The van der Waals surface area contributed by atoms with E-state index in [1.165, 1.54) is 0 Å². The van der Waals surface area contributed by atoms with Crippen LogP contribution in [0, 0.1) is 5.92 Å². The van der Waals surface area contributed by atoms with Crippen LogP contribution in [0.1, 0.15) is 37.7 Å². The molecule has 106 valence electrons. The number of nitrogens with one attached hydrogen (secondary N) is 1. The number of hydrogen-bond acceptors (Lipinski definition) is 3. The first-order chi connectivity index (χ1) is 8.99. The molecule has 1 aromatic heterocycles. The van der Waals surface area contributed by atoms with Crippen LogP contribution < -0.4 is 5.32 Å². The highest BCUT2D eigenvalue weighted by Crippen LogP contribution is 2.18. The van der Waals surface area contributed by atoms with Crippen molar-refractivity contribution >= 4 is 23.3 Å². The van der Waals surface area contributed by atoms with Crippen molar-refractivity contribution < 1.29 is 4.79 Å². The van der Waals surface area contributed by atoms with Crippen molar-refractivity contribution in [2.24, 2.45) is 5.92 Å². The van der Waals surface area contributed by atoms with Crippen LogP contribution in [0.15, 0.2) is 12.1 Å². The molecule has 4 nitrogen and oxygen atoms in total. The van der Waals surface area contributed by atoms with Gasteiger partial charge in [0.2, 0.25) is 0 Å². The third kappa shape index (κ3) is 4.39. The SMILES string of the molecule is CCNc1ccc(Cl)c(C(=O)N(C)CC(C)CC)n1. The first-order valence-electron chi connectivity index (χ1n) is 6.65. The summed E-state index contributed by atoms with van der Waals surface area (Å²) in [5.41, 5.74) is 0.311. The highest BCUT2D eigenvalue weighted by atomic mass is 35.5. The molecule has 0 aromatic carbocycles. The smallest absolute Gasteiger partial charge is 0.273 e. The Hall–Kier alpha value is -1.29. The van der Waals surface area contributed by atoms with E-state index in [0.717, 1.165) is 13.0 Å². The average Bonchev–Trinajstić information content (AvgIpc) is 2.40. The van der Waals surface area contributed by atoms with Gasteiger partial charge in [-0.1, -0.05) is 31.9 Å². The Morgan fingerprint density at radius 1 is 1.47 bits per heavy atom. The van der Waals surface area contributed by atoms with Gasteiger partial charge in [0.05, 0.1) is 5.02 Å². The Morgan fingerprint density at radius 2 is 2.16 bits per heavy atom. The molecule has 1 heterocycles. The van der Waals surface area contributed by atoms with Crippen LogP contribution in [0.3, 0.4) is 0 Å². The molecule has 0 bridgehead atoms. The summed E-state index contributed by atoms with van der Waals surface area (Å²) < 4.78 is 0. The van der Waals surface area contributed by atoms with Crippen molar-refractivity contribution in [1.82, 2.24) is 9.88 Å². The van der Waals surface area contributed by atoms with Crippen molar-refractivity contribution in [3.8, 4) is 0 Å². The molecule has 1 amide bonds. The van der Waals surface area contributed by atoms with E-state index in [2.05, 4.69) is 24.1 Å². The minimum Gasteiger partial charge on any atom is -0.370 e. The fourth-order valence-electron chi connectivity index (χ4n) is 1.73. The van der Waals surface area contributed by atoms with Gasteiger partial charge in [0.15, 0.2) is 0 Å². The van der Waals surface area contributed by atoms with Crippen LogP contribution >= 0.6 is 11.6 Å². The lowest BCUT2D eigenvalue weighted by Crippen LogP contribution is -2.31. The van der Waals surface area contributed by atoms with Crippen LogP contribution in [0.5, 0.6) is 0 Å². The highest BCUT2D eigenvalue weighted by Gasteiger charge is 2.18. The van der Waals surface area contributed by atoms with E-state index in [9.17, 15) is 4.79 Å². The van der Waals surface area contributed by atoms with Crippen LogP contribution in [0.4, 0.5) is 5.82 Å². The highest BCUT2D eigenvalue weighted by molar-refractivity contribution is 6.33. The molecule has 1 unspecified atom stereocenters. The molecule has 1 aromatic rings. The summed E-state index contributed by atoms with van der Waals surface area (Å²) in [5.74, 6) is 1.00. The van der Waals surface area contributed by atoms with Crippen molar-refractivity contribution in [1.29, 1.82) is 0 Å². The number of amides is 1. The molecule has 0 saturated carbocycles. The predicted molar refractivity (Wildman–Crippen MR) is 79.8 cm³/mol. The van der Waals surface area contributed by atoms with Gasteiger partial charge in [-0.2, -0.15) is 0 Å². The van der Waals surface area contributed by atoms with Gasteiger partial charge in [-0.05, 0) is 25.0 Å². The van der Waals surface area contributed by atoms with Gasteiger partial charge in [0.1, 0.15) is 11.5 Å². The summed E-state index contributed by atoms with van der Waals surface area (Å²) in [7, 11) is 1.78. The second-order valence-electron chi connectivity index (χ2n) is 4.76. The molecule has 0 saturated heterocycles. The number of carbonyl (C=O) groups excluding carboxylic acids is 1. The van der Waals surface area contributed by atoms with E-state index >= 15 is 0 Å². The summed E-state index contributed by atoms with van der Waals surface area (Å²) in [4.78, 5) is 18.3. The molecule has 0 fully saturated rings. The number of anilines is 1. The molecule has 0 spiro atoms. The van der Waals surface area contributed by atoms with Crippen LogP contribution in [0.25, 0.3) is 0 Å². The second-order valence-corrected chi connectivity index (χ2v) is 5.16. The average molecular weight is 284 g/mol. The molecule has 19 heavy (non-hydrogen) atoms. The first-order valence-corrected chi connectivity index (χ1v) is 7.03. The minimum atomic E-state index is -0.134. The standard InChI is InChI=1S/C14H22ClN3O/c1-5-10(3)9-18(4)14(19)13-11(15)7-8-12(17-13)16-6-2/h7-8,10H,5-6,9H2,1-4H3,(H,16,17). The number of aromatic nitrogens is 1. The molecule has 1 atom stereocenters. The third-order valence-electron chi connectivity index (χ3n) is 3.04. The summed E-state index contributed by atoms with van der Waals surface area (Å²) in [6.07, 6.45) is 1.04. The van der Waals surface area contributed by atoms with E-state index < -0.39 is 0 Å². The van der Waals surface area contributed by atoms with Gasteiger partial charge < -0.3 is 10.2 Å². The fourth-order valence-corrected chi connectivity index (χ4v) is 1.92. The summed E-state index contributed by atoms with van der Waals surface area (Å²) in [6.45, 7) is 7.67. The van der Waals surface area contributed by atoms with Gasteiger partial charge in [0, 0.05) is 20.1 Å². The molecular weight excluding hydrogens is 262 g/mol. The Morgan fingerprint density at radius 3 is 2.74 bits per heavy atom. The zero-order valence-electron chi connectivity index (χ0n) is 12.0. The Balaban J connectivity index is 2.88. The Labute approximate surface area is 120 Å². The van der Waals surface area contributed by atoms with Crippen molar-refractivity contribution in [2.75, 3.05) is 25.5 Å². The second kappa shape index (κ2) is 7.34. The van der Waals surface area contributed by atoms with Gasteiger partial charge in [-0.25, -0.2) is 4.98 Å². The number of rotatable bonds is 6. The fraction of sp³-hybridized carbons (Fsp3) is 0.571. The largest absolute Gasteiger partial charge is 0.370 e. The molecule has 1 rings (SSSR count). The Bertz CT molecular complexity index is 437. The van der Waals surface area contributed by atoms with E-state index in [1.54, 1.807) is 24.1 Å². The Kier molecular flexibility index (Phi) is 6.09. The minimum absolute atomic E-state index is 0.134. The van der Waals surface area contributed by atoms with Crippen LogP contribution in [-0.2, 0) is 0 Å². The van der Waals surface area contributed by atoms with Crippen LogP contribution in [0.2, 0.25) is 5.02 Å². The molecule has 0 aliphatic heterocycles. The third-order valence-corrected chi connectivity index (χ3v) is 3.34. The lowest BCUT2D eigenvalue weighted by molar-refractivity contribution is 0.0769. The zero-order chi connectivity index (χ0) is 14.4. The molecule has 1 N–H and O–H groups in total. The number of carbonyl (C=O) groups is 1. The lowest BCUT2D eigenvalue weighted by Gasteiger charge is -2.21. The summed E-state index contributed by atoms with van der Waals surface area (Å²) >= 11 is 6.07. The van der Waals surface area contributed by atoms with E-state index in [0.29, 0.717) is 29.0 Å². The number of halogens is 1. The maximum Gasteiger partial charge on any atom is 0.273 e. The molecule has 5 heteroatoms.